The number of carbonyl (C=O) groups excluding carboxylic acids is 1. The van der Waals surface area contributed by atoms with Crippen LogP contribution in [-0.4, -0.2) is 5.78 Å². The van der Waals surface area contributed by atoms with Crippen LogP contribution in [0.2, 0.25) is 0 Å². The summed E-state index contributed by atoms with van der Waals surface area (Å²) in [6.07, 6.45) is 0.805. The van der Waals surface area contributed by atoms with E-state index in [9.17, 15) is 4.79 Å². The average molecular weight is 242 g/mol. The molecule has 0 aliphatic heterocycles. The van der Waals surface area contributed by atoms with Crippen LogP contribution in [0.3, 0.4) is 0 Å². The largest absolute Gasteiger partial charge is 0.458 e. The minimum Gasteiger partial charge on any atom is -0.458 e. The fourth-order valence-electron chi connectivity index (χ4n) is 1.85. The van der Waals surface area contributed by atoms with Gasteiger partial charge in [-0.3, -0.25) is 4.79 Å². The molecule has 0 amide bonds. The van der Waals surface area contributed by atoms with Crippen LogP contribution in [-0.2, 0) is 6.42 Å². The Kier molecular flexibility index (Phi) is 3.66. The number of rotatable bonds is 4. The quantitative estimate of drug-likeness (QED) is 0.752. The van der Waals surface area contributed by atoms with Crippen molar-refractivity contribution in [2.24, 2.45) is 0 Å². The molecule has 0 bridgehead atoms. The maximum atomic E-state index is 12.2. The third-order valence-electron chi connectivity index (χ3n) is 3.07. The smallest absolute Gasteiger partial charge is 0.228 e. The average Bonchev–Trinajstić information content (AvgIpc) is 2.86. The maximum Gasteiger partial charge on any atom is 0.228 e. The molecule has 0 saturated carbocycles. The van der Waals surface area contributed by atoms with Crippen molar-refractivity contribution in [2.45, 2.75) is 33.1 Å². The fraction of sp³-hybridized carbons (Fsp3) is 0.312. The standard InChI is InChI=1S/C16H18O2/c1-4-14-9-10-15(18-14)16(17)13-7-5-12(6-8-13)11(2)3/h5-11H,4H2,1-3H3. The molecule has 2 aromatic rings. The van der Waals surface area contributed by atoms with Gasteiger partial charge in [-0.05, 0) is 23.6 Å². The van der Waals surface area contributed by atoms with Crippen molar-refractivity contribution in [1.29, 1.82) is 0 Å². The minimum absolute atomic E-state index is 0.0509. The third kappa shape index (κ3) is 2.53. The Morgan fingerprint density at radius 2 is 1.78 bits per heavy atom. The predicted octanol–water partition coefficient (Wildman–Crippen LogP) is 4.20. The minimum atomic E-state index is -0.0509. The summed E-state index contributed by atoms with van der Waals surface area (Å²) in [7, 11) is 0. The molecule has 2 nitrogen and oxygen atoms in total. The number of aryl methyl sites for hydroxylation is 1. The van der Waals surface area contributed by atoms with Gasteiger partial charge in [0, 0.05) is 12.0 Å². The van der Waals surface area contributed by atoms with Gasteiger partial charge in [-0.1, -0.05) is 45.0 Å². The first kappa shape index (κ1) is 12.6. The number of hydrogen-bond acceptors (Lipinski definition) is 2. The summed E-state index contributed by atoms with van der Waals surface area (Å²) in [5, 5.41) is 0. The van der Waals surface area contributed by atoms with Crippen molar-refractivity contribution < 1.29 is 9.21 Å². The lowest BCUT2D eigenvalue weighted by atomic mass is 10.00. The van der Waals surface area contributed by atoms with Gasteiger partial charge in [-0.2, -0.15) is 0 Å². The summed E-state index contributed by atoms with van der Waals surface area (Å²) < 4.78 is 5.48. The molecule has 2 heteroatoms. The molecule has 94 valence electrons. The van der Waals surface area contributed by atoms with Crippen molar-refractivity contribution in [3.63, 3.8) is 0 Å². The highest BCUT2D eigenvalue weighted by Gasteiger charge is 2.13. The van der Waals surface area contributed by atoms with Gasteiger partial charge < -0.3 is 4.42 Å². The van der Waals surface area contributed by atoms with Crippen LogP contribution in [0.5, 0.6) is 0 Å². The van der Waals surface area contributed by atoms with E-state index in [1.807, 2.05) is 37.3 Å². The first-order chi connectivity index (χ1) is 8.61. The fourth-order valence-corrected chi connectivity index (χ4v) is 1.85. The highest BCUT2D eigenvalue weighted by atomic mass is 16.3. The molecule has 1 aromatic carbocycles. The van der Waals surface area contributed by atoms with Crippen LogP contribution >= 0.6 is 0 Å². The molecular formula is C16H18O2. The SMILES string of the molecule is CCc1ccc(C(=O)c2ccc(C(C)C)cc2)o1. The van der Waals surface area contributed by atoms with Gasteiger partial charge in [0.1, 0.15) is 5.76 Å². The van der Waals surface area contributed by atoms with Crippen LogP contribution in [0.4, 0.5) is 0 Å². The normalized spacial score (nSPS) is 10.9. The number of ketones is 1. The molecule has 18 heavy (non-hydrogen) atoms. The molecule has 0 aliphatic carbocycles. The Morgan fingerprint density at radius 3 is 2.28 bits per heavy atom. The zero-order chi connectivity index (χ0) is 13.1. The van der Waals surface area contributed by atoms with Crippen LogP contribution in [0.15, 0.2) is 40.8 Å². The lowest BCUT2D eigenvalue weighted by Crippen LogP contribution is -2.00. The molecule has 1 aromatic heterocycles. The second-order valence-corrected chi connectivity index (χ2v) is 4.73. The molecule has 0 unspecified atom stereocenters. The van der Waals surface area contributed by atoms with Crippen molar-refractivity contribution in [3.8, 4) is 0 Å². The van der Waals surface area contributed by atoms with Crippen molar-refractivity contribution in [3.05, 3.63) is 59.0 Å². The van der Waals surface area contributed by atoms with Crippen molar-refractivity contribution in [1.82, 2.24) is 0 Å². The zero-order valence-corrected chi connectivity index (χ0v) is 11.1. The number of benzene rings is 1. The number of carbonyl (C=O) groups is 1. The van der Waals surface area contributed by atoms with Gasteiger partial charge in [-0.25, -0.2) is 0 Å². The van der Waals surface area contributed by atoms with E-state index in [2.05, 4.69) is 13.8 Å². The summed E-state index contributed by atoms with van der Waals surface area (Å²) >= 11 is 0. The van der Waals surface area contributed by atoms with Gasteiger partial charge >= 0.3 is 0 Å². The second-order valence-electron chi connectivity index (χ2n) is 4.73. The van der Waals surface area contributed by atoms with E-state index in [0.29, 0.717) is 17.2 Å². The molecule has 0 radical (unpaired) electrons. The molecule has 0 N–H and O–H groups in total. The molecular weight excluding hydrogens is 224 g/mol. The lowest BCUT2D eigenvalue weighted by Gasteiger charge is -2.05. The second kappa shape index (κ2) is 5.21. The van der Waals surface area contributed by atoms with E-state index in [4.69, 9.17) is 4.42 Å². The van der Waals surface area contributed by atoms with Gasteiger partial charge in [0.15, 0.2) is 5.76 Å². The summed E-state index contributed by atoms with van der Waals surface area (Å²) in [6.45, 7) is 6.28. The van der Waals surface area contributed by atoms with Crippen molar-refractivity contribution >= 4 is 5.78 Å². The molecule has 0 spiro atoms. The van der Waals surface area contributed by atoms with E-state index in [1.165, 1.54) is 5.56 Å². The summed E-state index contributed by atoms with van der Waals surface area (Å²) in [5.41, 5.74) is 1.91. The topological polar surface area (TPSA) is 30.2 Å². The molecule has 0 atom stereocenters. The highest BCUT2D eigenvalue weighted by molar-refractivity contribution is 6.07. The monoisotopic (exact) mass is 242 g/mol. The van der Waals surface area contributed by atoms with E-state index in [-0.39, 0.29) is 5.78 Å². The molecule has 0 aliphatic rings. The van der Waals surface area contributed by atoms with E-state index in [1.54, 1.807) is 6.07 Å². The summed E-state index contributed by atoms with van der Waals surface area (Å²) in [6, 6.07) is 11.3. The Labute approximate surface area is 108 Å². The van der Waals surface area contributed by atoms with E-state index >= 15 is 0 Å². The molecule has 1 heterocycles. The molecule has 2 rings (SSSR count). The first-order valence-electron chi connectivity index (χ1n) is 6.35. The van der Waals surface area contributed by atoms with Gasteiger partial charge in [0.25, 0.3) is 0 Å². The van der Waals surface area contributed by atoms with Gasteiger partial charge in [-0.15, -0.1) is 0 Å². The number of hydrogen-bond donors (Lipinski definition) is 0. The lowest BCUT2D eigenvalue weighted by molar-refractivity contribution is 0.101. The Hall–Kier alpha value is -1.83. The number of furan rings is 1. The summed E-state index contributed by atoms with van der Waals surface area (Å²) in [5.74, 6) is 1.69. The third-order valence-corrected chi connectivity index (χ3v) is 3.07. The van der Waals surface area contributed by atoms with Crippen molar-refractivity contribution in [2.75, 3.05) is 0 Å². The van der Waals surface area contributed by atoms with Crippen LogP contribution < -0.4 is 0 Å². The Morgan fingerprint density at radius 1 is 1.11 bits per heavy atom. The van der Waals surface area contributed by atoms with Gasteiger partial charge in [0.05, 0.1) is 0 Å². The summed E-state index contributed by atoms with van der Waals surface area (Å²) in [4.78, 5) is 12.2. The highest BCUT2D eigenvalue weighted by Crippen LogP contribution is 2.18. The van der Waals surface area contributed by atoms with Crippen LogP contribution in [0, 0.1) is 0 Å². The van der Waals surface area contributed by atoms with E-state index < -0.39 is 0 Å². The zero-order valence-electron chi connectivity index (χ0n) is 11.1. The van der Waals surface area contributed by atoms with E-state index in [0.717, 1.165) is 12.2 Å². The Bertz CT molecular complexity index is 532. The molecule has 0 saturated heterocycles. The van der Waals surface area contributed by atoms with Gasteiger partial charge in [0.2, 0.25) is 5.78 Å². The Balaban J connectivity index is 2.23. The molecule has 0 fully saturated rings. The predicted molar refractivity (Wildman–Crippen MR) is 72.0 cm³/mol. The van der Waals surface area contributed by atoms with Crippen LogP contribution in [0.25, 0.3) is 0 Å². The maximum absolute atomic E-state index is 12.2. The first-order valence-corrected chi connectivity index (χ1v) is 6.35. The van der Waals surface area contributed by atoms with Crippen LogP contribution in [0.1, 0.15) is 54.1 Å².